The van der Waals surface area contributed by atoms with E-state index in [1.54, 1.807) is 11.8 Å². The van der Waals surface area contributed by atoms with Crippen molar-refractivity contribution >= 4 is 33.4 Å². The molecule has 100 valence electrons. The number of nitrogens with zero attached hydrogens (tertiary/aromatic N) is 1. The van der Waals surface area contributed by atoms with Gasteiger partial charge >= 0.3 is 0 Å². The molecule has 3 aromatic carbocycles. The third-order valence-electron chi connectivity index (χ3n) is 3.55. The molecule has 0 aliphatic heterocycles. The van der Waals surface area contributed by atoms with Crippen molar-refractivity contribution in [2.75, 3.05) is 0 Å². The Balaban J connectivity index is 1.98. The van der Waals surface area contributed by atoms with Crippen molar-refractivity contribution in [2.24, 2.45) is 0 Å². The van der Waals surface area contributed by atoms with Crippen molar-refractivity contribution in [3.8, 4) is 0 Å². The lowest BCUT2D eigenvalue weighted by Crippen LogP contribution is -1.84. The summed E-state index contributed by atoms with van der Waals surface area (Å²) < 4.78 is 0. The van der Waals surface area contributed by atoms with E-state index < -0.39 is 0 Å². The average molecular weight is 287 g/mol. The molecule has 0 aliphatic carbocycles. The molecule has 0 atom stereocenters. The molecule has 0 unspecified atom stereocenters. The van der Waals surface area contributed by atoms with Gasteiger partial charge in [0.15, 0.2) is 0 Å². The highest BCUT2D eigenvalue weighted by atomic mass is 32.2. The van der Waals surface area contributed by atoms with Gasteiger partial charge in [-0.3, -0.25) is 4.98 Å². The number of hydrogen-bond acceptors (Lipinski definition) is 2. The summed E-state index contributed by atoms with van der Waals surface area (Å²) in [6.45, 7) is 0. The summed E-state index contributed by atoms with van der Waals surface area (Å²) in [6.07, 6.45) is 1.87. The molecular weight excluding hydrogens is 274 g/mol. The van der Waals surface area contributed by atoms with Crippen molar-refractivity contribution in [1.82, 2.24) is 4.98 Å². The van der Waals surface area contributed by atoms with Crippen LogP contribution in [0.4, 0.5) is 0 Å². The Kier molecular flexibility index (Phi) is 3.09. The van der Waals surface area contributed by atoms with Gasteiger partial charge in [0.25, 0.3) is 0 Å². The molecule has 0 amide bonds. The number of fused-ring (bicyclic) bond motifs is 3. The Morgan fingerprint density at radius 3 is 2.38 bits per heavy atom. The minimum absolute atomic E-state index is 1.08. The number of benzene rings is 3. The quantitative estimate of drug-likeness (QED) is 0.449. The molecule has 0 N–H and O–H groups in total. The van der Waals surface area contributed by atoms with Crippen molar-refractivity contribution < 1.29 is 0 Å². The first kappa shape index (κ1) is 12.4. The van der Waals surface area contributed by atoms with Gasteiger partial charge in [0, 0.05) is 26.8 Å². The highest BCUT2D eigenvalue weighted by Crippen LogP contribution is 2.36. The first-order valence-electron chi connectivity index (χ1n) is 6.91. The maximum atomic E-state index is 4.60. The number of aromatic nitrogens is 1. The zero-order valence-corrected chi connectivity index (χ0v) is 12.2. The van der Waals surface area contributed by atoms with Crippen LogP contribution in [0.1, 0.15) is 0 Å². The van der Waals surface area contributed by atoms with Crippen LogP contribution >= 0.6 is 11.8 Å². The topological polar surface area (TPSA) is 12.9 Å². The van der Waals surface area contributed by atoms with Gasteiger partial charge in [-0.15, -0.1) is 0 Å². The van der Waals surface area contributed by atoms with Crippen LogP contribution in [0, 0.1) is 0 Å². The Morgan fingerprint density at radius 2 is 1.48 bits per heavy atom. The summed E-state index contributed by atoms with van der Waals surface area (Å²) in [5.41, 5.74) is 1.08. The zero-order chi connectivity index (χ0) is 14.1. The van der Waals surface area contributed by atoms with E-state index in [-0.39, 0.29) is 0 Å². The van der Waals surface area contributed by atoms with Crippen LogP contribution in [0.15, 0.2) is 88.8 Å². The summed E-state index contributed by atoms with van der Waals surface area (Å²) in [6, 6.07) is 25.3. The molecule has 0 bridgehead atoms. The minimum Gasteiger partial charge on any atom is -0.256 e. The number of pyridine rings is 1. The van der Waals surface area contributed by atoms with Crippen LogP contribution < -0.4 is 0 Å². The lowest BCUT2D eigenvalue weighted by atomic mass is 10.1. The molecule has 2 heteroatoms. The molecule has 0 saturated carbocycles. The van der Waals surface area contributed by atoms with Gasteiger partial charge in [-0.05, 0) is 29.7 Å². The largest absolute Gasteiger partial charge is 0.256 e. The van der Waals surface area contributed by atoms with Crippen molar-refractivity contribution in [3.05, 3.63) is 79.0 Å². The molecular formula is C19H13NS. The minimum atomic E-state index is 1.08. The van der Waals surface area contributed by atoms with Crippen LogP contribution in [0.5, 0.6) is 0 Å². The predicted molar refractivity (Wildman–Crippen MR) is 89.8 cm³/mol. The van der Waals surface area contributed by atoms with Gasteiger partial charge < -0.3 is 0 Å². The van der Waals surface area contributed by atoms with E-state index >= 15 is 0 Å². The Labute approximate surface area is 127 Å². The summed E-state index contributed by atoms with van der Waals surface area (Å²) in [4.78, 5) is 7.10. The van der Waals surface area contributed by atoms with Gasteiger partial charge in [0.1, 0.15) is 0 Å². The molecule has 4 aromatic rings. The zero-order valence-electron chi connectivity index (χ0n) is 11.4. The molecule has 4 rings (SSSR count). The normalized spacial score (nSPS) is 11.0. The van der Waals surface area contributed by atoms with Crippen LogP contribution in [0.3, 0.4) is 0 Å². The fourth-order valence-electron chi connectivity index (χ4n) is 2.58. The van der Waals surface area contributed by atoms with Crippen molar-refractivity contribution in [1.29, 1.82) is 0 Å². The number of hydrogen-bond donors (Lipinski definition) is 0. The maximum Gasteiger partial charge on any atom is 0.0791 e. The summed E-state index contributed by atoms with van der Waals surface area (Å²) in [7, 11) is 0. The molecule has 0 radical (unpaired) electrons. The van der Waals surface area contributed by atoms with Crippen LogP contribution in [-0.2, 0) is 0 Å². The van der Waals surface area contributed by atoms with Crippen molar-refractivity contribution in [3.63, 3.8) is 0 Å². The molecule has 0 saturated heterocycles. The fourth-order valence-corrected chi connectivity index (χ4v) is 3.59. The van der Waals surface area contributed by atoms with Gasteiger partial charge in [-0.2, -0.15) is 0 Å². The molecule has 0 spiro atoms. The van der Waals surface area contributed by atoms with E-state index in [1.165, 1.54) is 25.9 Å². The van der Waals surface area contributed by atoms with Crippen LogP contribution in [-0.4, -0.2) is 4.98 Å². The summed E-state index contributed by atoms with van der Waals surface area (Å²) >= 11 is 1.79. The van der Waals surface area contributed by atoms with E-state index in [1.807, 2.05) is 18.3 Å². The SMILES string of the molecule is c1ccc(Sc2cccc3ccc4cccnc4c23)cc1. The molecule has 1 aromatic heterocycles. The van der Waals surface area contributed by atoms with Crippen molar-refractivity contribution in [2.45, 2.75) is 9.79 Å². The molecule has 21 heavy (non-hydrogen) atoms. The van der Waals surface area contributed by atoms with Crippen LogP contribution in [0.25, 0.3) is 21.7 Å². The van der Waals surface area contributed by atoms with Gasteiger partial charge in [-0.25, -0.2) is 0 Å². The van der Waals surface area contributed by atoms with E-state index in [4.69, 9.17) is 0 Å². The van der Waals surface area contributed by atoms with Crippen LogP contribution in [0.2, 0.25) is 0 Å². The predicted octanol–water partition coefficient (Wildman–Crippen LogP) is 5.54. The molecule has 1 nitrogen and oxygen atoms in total. The van der Waals surface area contributed by atoms with E-state index in [0.717, 1.165) is 5.52 Å². The second-order valence-corrected chi connectivity index (χ2v) is 6.03. The number of rotatable bonds is 2. The van der Waals surface area contributed by atoms with E-state index in [0.29, 0.717) is 0 Å². The third kappa shape index (κ3) is 2.28. The maximum absolute atomic E-state index is 4.60. The first-order chi connectivity index (χ1) is 10.4. The lowest BCUT2D eigenvalue weighted by Gasteiger charge is -2.09. The second-order valence-electron chi connectivity index (χ2n) is 4.91. The third-order valence-corrected chi connectivity index (χ3v) is 4.62. The Hall–Kier alpha value is -2.32. The average Bonchev–Trinajstić information content (AvgIpc) is 2.56. The summed E-state index contributed by atoms with van der Waals surface area (Å²) in [5.74, 6) is 0. The molecule has 0 aliphatic rings. The highest BCUT2D eigenvalue weighted by Gasteiger charge is 2.07. The molecule has 1 heterocycles. The highest BCUT2D eigenvalue weighted by molar-refractivity contribution is 7.99. The van der Waals surface area contributed by atoms with E-state index in [2.05, 4.69) is 65.6 Å². The standard InChI is InChI=1S/C19H13NS/c1-2-8-16(9-3-1)21-17-10-4-6-14-11-12-15-7-5-13-20-19(15)18(14)17/h1-13H. The first-order valence-corrected chi connectivity index (χ1v) is 7.73. The van der Waals surface area contributed by atoms with Gasteiger partial charge in [0.05, 0.1) is 5.52 Å². The monoisotopic (exact) mass is 287 g/mol. The van der Waals surface area contributed by atoms with Gasteiger partial charge in [0.2, 0.25) is 0 Å². The Bertz CT molecular complexity index is 916. The smallest absolute Gasteiger partial charge is 0.0791 e. The molecule has 0 fully saturated rings. The van der Waals surface area contributed by atoms with Gasteiger partial charge in [-0.1, -0.05) is 60.3 Å². The fraction of sp³-hybridized carbons (Fsp3) is 0. The van der Waals surface area contributed by atoms with E-state index in [9.17, 15) is 0 Å². The Morgan fingerprint density at radius 1 is 0.667 bits per heavy atom. The lowest BCUT2D eigenvalue weighted by molar-refractivity contribution is 1.40. The second kappa shape index (κ2) is 5.23. The summed E-state index contributed by atoms with van der Waals surface area (Å²) in [5, 5.41) is 3.66.